The maximum Gasteiger partial charge on any atom is 0.110 e. The van der Waals surface area contributed by atoms with E-state index >= 15 is 0 Å². The Morgan fingerprint density at radius 3 is 3.33 bits per heavy atom. The van der Waals surface area contributed by atoms with Crippen molar-refractivity contribution in [1.82, 2.24) is 4.57 Å². The molecule has 1 unspecified atom stereocenters. The fourth-order valence-electron chi connectivity index (χ4n) is 1.69. The number of anilines is 1. The van der Waals surface area contributed by atoms with Gasteiger partial charge in [-0.2, -0.15) is 0 Å². The molecule has 0 aliphatic carbocycles. The van der Waals surface area contributed by atoms with Gasteiger partial charge in [-0.25, -0.2) is 0 Å². The van der Waals surface area contributed by atoms with Crippen molar-refractivity contribution >= 4 is 5.82 Å². The molecule has 1 aromatic rings. The van der Waals surface area contributed by atoms with Gasteiger partial charge >= 0.3 is 0 Å². The second-order valence-electron chi connectivity index (χ2n) is 3.25. The summed E-state index contributed by atoms with van der Waals surface area (Å²) in [6, 6.07) is 2.31. The van der Waals surface area contributed by atoms with Crippen molar-refractivity contribution in [2.24, 2.45) is 5.73 Å². The van der Waals surface area contributed by atoms with E-state index in [0.717, 1.165) is 19.5 Å². The lowest BCUT2D eigenvalue weighted by molar-refractivity contribution is 0.700. The van der Waals surface area contributed by atoms with Crippen LogP contribution in [0.2, 0.25) is 0 Å². The number of nitrogens with zero attached hydrogens (tertiary/aromatic N) is 1. The highest BCUT2D eigenvalue weighted by molar-refractivity contribution is 5.50. The molecule has 1 aliphatic heterocycles. The van der Waals surface area contributed by atoms with Crippen LogP contribution in [-0.4, -0.2) is 11.1 Å². The zero-order chi connectivity index (χ0) is 8.55. The lowest BCUT2D eigenvalue weighted by Crippen LogP contribution is -2.09. The molecule has 0 aromatic carbocycles. The Balaban J connectivity index is 2.33. The van der Waals surface area contributed by atoms with E-state index in [9.17, 15) is 0 Å². The van der Waals surface area contributed by atoms with Gasteiger partial charge in [0.1, 0.15) is 5.82 Å². The van der Waals surface area contributed by atoms with E-state index in [0.29, 0.717) is 0 Å². The highest BCUT2D eigenvalue weighted by atomic mass is 15.2. The maximum absolute atomic E-state index is 5.96. The van der Waals surface area contributed by atoms with Crippen LogP contribution in [-0.2, 0) is 6.54 Å². The molecule has 0 saturated heterocycles. The van der Waals surface area contributed by atoms with Crippen molar-refractivity contribution < 1.29 is 0 Å². The van der Waals surface area contributed by atoms with E-state index in [2.05, 4.69) is 29.1 Å². The first-order valence-corrected chi connectivity index (χ1v) is 4.51. The summed E-state index contributed by atoms with van der Waals surface area (Å²) in [5, 5.41) is 3.35. The van der Waals surface area contributed by atoms with Gasteiger partial charge < -0.3 is 15.6 Å². The molecule has 12 heavy (non-hydrogen) atoms. The first kappa shape index (κ1) is 7.68. The van der Waals surface area contributed by atoms with Crippen LogP contribution in [0.3, 0.4) is 0 Å². The molecule has 3 heteroatoms. The molecule has 1 aliphatic rings. The molecular weight excluding hydrogens is 150 g/mol. The van der Waals surface area contributed by atoms with Crippen LogP contribution in [0.25, 0.3) is 0 Å². The van der Waals surface area contributed by atoms with E-state index < -0.39 is 0 Å². The molecular formula is C9H15N3. The second kappa shape index (κ2) is 2.83. The molecule has 0 bridgehead atoms. The van der Waals surface area contributed by atoms with Gasteiger partial charge in [0.05, 0.1) is 0 Å². The highest BCUT2D eigenvalue weighted by Gasteiger charge is 2.17. The first-order chi connectivity index (χ1) is 5.83. The molecule has 0 amide bonds. The number of fused-ring (bicyclic) bond motifs is 1. The number of hydrogen-bond acceptors (Lipinski definition) is 2. The zero-order valence-electron chi connectivity index (χ0n) is 7.38. The summed E-state index contributed by atoms with van der Waals surface area (Å²) in [7, 11) is 0. The van der Waals surface area contributed by atoms with E-state index in [1.807, 2.05) is 0 Å². The number of nitrogens with one attached hydrogen (secondary N) is 1. The maximum atomic E-state index is 5.96. The predicted octanol–water partition coefficient (Wildman–Crippen LogP) is 1.32. The van der Waals surface area contributed by atoms with E-state index in [1.165, 1.54) is 11.4 Å². The Morgan fingerprint density at radius 1 is 1.75 bits per heavy atom. The summed E-state index contributed by atoms with van der Waals surface area (Å²) < 4.78 is 2.23. The summed E-state index contributed by atoms with van der Waals surface area (Å²) in [6.07, 6.45) is 3.11. The van der Waals surface area contributed by atoms with Gasteiger partial charge in [0.2, 0.25) is 0 Å². The van der Waals surface area contributed by atoms with Crippen LogP contribution in [0.1, 0.15) is 24.9 Å². The van der Waals surface area contributed by atoms with Gasteiger partial charge in [-0.05, 0) is 12.5 Å². The minimum absolute atomic E-state index is 0.187. The zero-order valence-corrected chi connectivity index (χ0v) is 7.38. The molecule has 1 atom stereocenters. The number of aromatic nitrogens is 1. The van der Waals surface area contributed by atoms with Crippen molar-refractivity contribution in [3.05, 3.63) is 17.8 Å². The van der Waals surface area contributed by atoms with E-state index in [1.54, 1.807) is 0 Å². The molecule has 0 saturated carbocycles. The fraction of sp³-hybridized carbons (Fsp3) is 0.556. The van der Waals surface area contributed by atoms with Gasteiger partial charge in [-0.3, -0.25) is 0 Å². The Bertz CT molecular complexity index is 277. The van der Waals surface area contributed by atoms with Gasteiger partial charge in [0.25, 0.3) is 0 Å². The lowest BCUT2D eigenvalue weighted by atomic mass is 10.1. The van der Waals surface area contributed by atoms with Crippen molar-refractivity contribution in [2.75, 3.05) is 11.9 Å². The molecule has 2 rings (SSSR count). The van der Waals surface area contributed by atoms with Gasteiger partial charge in [-0.15, -0.1) is 0 Å². The third-order valence-corrected chi connectivity index (χ3v) is 2.48. The molecule has 3 N–H and O–H groups in total. The Labute approximate surface area is 72.6 Å². The summed E-state index contributed by atoms with van der Waals surface area (Å²) >= 11 is 0. The predicted molar refractivity (Wildman–Crippen MR) is 50.1 cm³/mol. The van der Waals surface area contributed by atoms with Crippen LogP contribution in [0, 0.1) is 0 Å². The third-order valence-electron chi connectivity index (χ3n) is 2.48. The molecule has 2 heterocycles. The highest BCUT2D eigenvalue weighted by Crippen LogP contribution is 2.27. The average Bonchev–Trinajstić information content (AvgIpc) is 2.62. The van der Waals surface area contributed by atoms with E-state index in [-0.39, 0.29) is 6.04 Å². The topological polar surface area (TPSA) is 43.0 Å². The van der Waals surface area contributed by atoms with Crippen LogP contribution in [0.15, 0.2) is 12.3 Å². The van der Waals surface area contributed by atoms with Gasteiger partial charge in [0.15, 0.2) is 0 Å². The van der Waals surface area contributed by atoms with Gasteiger partial charge in [0, 0.05) is 30.9 Å². The molecule has 1 aromatic heterocycles. The summed E-state index contributed by atoms with van der Waals surface area (Å²) in [5.74, 6) is 1.23. The Kier molecular flexibility index (Phi) is 1.81. The average molecular weight is 165 g/mol. The first-order valence-electron chi connectivity index (χ1n) is 4.51. The summed E-state index contributed by atoms with van der Waals surface area (Å²) in [6.45, 7) is 4.23. The minimum Gasteiger partial charge on any atom is -0.369 e. The van der Waals surface area contributed by atoms with Crippen molar-refractivity contribution in [2.45, 2.75) is 25.9 Å². The van der Waals surface area contributed by atoms with Crippen LogP contribution < -0.4 is 11.1 Å². The molecule has 3 nitrogen and oxygen atoms in total. The minimum atomic E-state index is 0.187. The number of nitrogens with two attached hydrogens (primary N) is 1. The second-order valence-corrected chi connectivity index (χ2v) is 3.25. The monoisotopic (exact) mass is 165 g/mol. The SMILES string of the molecule is CCC(N)c1ccn2c1NCC2. The van der Waals surface area contributed by atoms with Gasteiger partial charge in [-0.1, -0.05) is 6.92 Å². The molecule has 0 spiro atoms. The van der Waals surface area contributed by atoms with E-state index in [4.69, 9.17) is 5.73 Å². The Hall–Kier alpha value is -0.960. The molecule has 0 radical (unpaired) electrons. The number of hydrogen-bond donors (Lipinski definition) is 2. The lowest BCUT2D eigenvalue weighted by Gasteiger charge is -2.08. The normalized spacial score (nSPS) is 17.2. The molecule has 0 fully saturated rings. The number of rotatable bonds is 2. The van der Waals surface area contributed by atoms with Crippen LogP contribution in [0.4, 0.5) is 5.82 Å². The van der Waals surface area contributed by atoms with Crippen molar-refractivity contribution in [3.63, 3.8) is 0 Å². The Morgan fingerprint density at radius 2 is 2.58 bits per heavy atom. The van der Waals surface area contributed by atoms with Crippen LogP contribution >= 0.6 is 0 Å². The van der Waals surface area contributed by atoms with Crippen molar-refractivity contribution in [1.29, 1.82) is 0 Å². The molecule has 66 valence electrons. The largest absolute Gasteiger partial charge is 0.369 e. The smallest absolute Gasteiger partial charge is 0.110 e. The quantitative estimate of drug-likeness (QED) is 0.694. The van der Waals surface area contributed by atoms with Crippen molar-refractivity contribution in [3.8, 4) is 0 Å². The fourth-order valence-corrected chi connectivity index (χ4v) is 1.69. The van der Waals surface area contributed by atoms with Crippen LogP contribution in [0.5, 0.6) is 0 Å². The standard InChI is InChI=1S/C9H15N3/c1-2-8(10)7-3-5-12-6-4-11-9(7)12/h3,5,8,11H,2,4,6,10H2,1H3. The summed E-state index contributed by atoms with van der Waals surface area (Å²) in [4.78, 5) is 0. The summed E-state index contributed by atoms with van der Waals surface area (Å²) in [5.41, 5.74) is 7.22. The third kappa shape index (κ3) is 1.01.